The van der Waals surface area contributed by atoms with Crippen molar-refractivity contribution in [3.8, 4) is 0 Å². The second kappa shape index (κ2) is 10.5. The zero-order valence-electron chi connectivity index (χ0n) is 19.9. The van der Waals surface area contributed by atoms with Gasteiger partial charge in [-0.05, 0) is 78.0 Å². The Hall–Kier alpha value is -2.03. The van der Waals surface area contributed by atoms with Crippen molar-refractivity contribution in [3.63, 3.8) is 0 Å². The fourth-order valence-corrected chi connectivity index (χ4v) is 4.76. The monoisotopic (exact) mass is 419 g/mol. The third-order valence-electron chi connectivity index (χ3n) is 6.62. The lowest BCUT2D eigenvalue weighted by molar-refractivity contribution is 0.130. The predicted molar refractivity (Wildman–Crippen MR) is 134 cm³/mol. The maximum Gasteiger partial charge on any atom is 0.144 e. The topological polar surface area (TPSA) is 21.6 Å². The number of rotatable bonds is 8. The highest BCUT2D eigenvalue weighted by Gasteiger charge is 2.27. The Bertz CT molecular complexity index is 914. The maximum absolute atomic E-state index is 15.1. The van der Waals surface area contributed by atoms with Crippen LogP contribution in [0.4, 0.5) is 4.39 Å². The molecular formula is C26H36B2FNO. The largest absolute Gasteiger partial charge is 0.391 e. The Balaban J connectivity index is 1.74. The summed E-state index contributed by atoms with van der Waals surface area (Å²) in [6, 6.07) is 12.7. The first-order valence-corrected chi connectivity index (χ1v) is 11.9. The van der Waals surface area contributed by atoms with Crippen molar-refractivity contribution >= 4 is 21.4 Å². The summed E-state index contributed by atoms with van der Waals surface area (Å²) in [5.74, 6) is 0.480. The van der Waals surface area contributed by atoms with E-state index in [1.807, 2.05) is 13.0 Å². The molecule has 0 amide bonds. The van der Waals surface area contributed by atoms with Crippen molar-refractivity contribution in [2.45, 2.75) is 83.7 Å². The first kappa shape index (κ1) is 23.6. The molecule has 1 aliphatic carbocycles. The van der Waals surface area contributed by atoms with Gasteiger partial charge in [-0.25, -0.2) is 0 Å². The average Bonchev–Trinajstić information content (AvgIpc) is 2.78. The van der Waals surface area contributed by atoms with Crippen molar-refractivity contribution in [2.75, 3.05) is 0 Å². The van der Waals surface area contributed by atoms with E-state index in [0.29, 0.717) is 12.5 Å². The van der Waals surface area contributed by atoms with Crippen LogP contribution >= 0.6 is 0 Å². The first-order chi connectivity index (χ1) is 14.8. The summed E-state index contributed by atoms with van der Waals surface area (Å²) in [6.07, 6.45) is 8.18. The minimum atomic E-state index is -1.36. The molecule has 3 rings (SSSR count). The molecule has 0 radical (unpaired) electrons. The number of halogens is 1. The van der Waals surface area contributed by atoms with E-state index in [1.165, 1.54) is 48.8 Å². The lowest BCUT2D eigenvalue weighted by Crippen LogP contribution is -2.24. The minimum absolute atomic E-state index is 0.346. The molecule has 31 heavy (non-hydrogen) atoms. The quantitative estimate of drug-likeness (QED) is 0.330. The van der Waals surface area contributed by atoms with Crippen LogP contribution in [0.5, 0.6) is 0 Å². The highest BCUT2D eigenvalue weighted by atomic mass is 19.1. The molecule has 1 saturated carbocycles. The zero-order valence-corrected chi connectivity index (χ0v) is 19.9. The van der Waals surface area contributed by atoms with Crippen molar-refractivity contribution < 1.29 is 9.23 Å². The van der Waals surface area contributed by atoms with E-state index in [4.69, 9.17) is 4.84 Å². The van der Waals surface area contributed by atoms with Crippen LogP contribution in [0.1, 0.15) is 92.2 Å². The SMILES string of the molecule is BC(B)(F)c1cc(CO/N=C(\C)c2ccc(CC)c(CC)c2)ccc1C1CCCCC1. The highest BCUT2D eigenvalue weighted by molar-refractivity contribution is 6.38. The number of hydrogen-bond donors (Lipinski definition) is 0. The fourth-order valence-electron chi connectivity index (χ4n) is 4.76. The summed E-state index contributed by atoms with van der Waals surface area (Å²) in [7, 11) is 3.32. The van der Waals surface area contributed by atoms with Gasteiger partial charge >= 0.3 is 0 Å². The number of aryl methyl sites for hydroxylation is 2. The third-order valence-corrected chi connectivity index (χ3v) is 6.62. The van der Waals surface area contributed by atoms with Crippen LogP contribution in [0.2, 0.25) is 0 Å². The molecule has 2 aromatic rings. The van der Waals surface area contributed by atoms with Crippen molar-refractivity contribution in [2.24, 2.45) is 5.16 Å². The molecular weight excluding hydrogens is 383 g/mol. The lowest BCUT2D eigenvalue weighted by atomic mass is 9.60. The van der Waals surface area contributed by atoms with Gasteiger partial charge in [0.2, 0.25) is 0 Å². The van der Waals surface area contributed by atoms with Gasteiger partial charge in [-0.2, -0.15) is 0 Å². The summed E-state index contributed by atoms with van der Waals surface area (Å²) >= 11 is 0. The highest BCUT2D eigenvalue weighted by Crippen LogP contribution is 2.38. The van der Waals surface area contributed by atoms with Crippen molar-refractivity contribution in [1.82, 2.24) is 0 Å². The van der Waals surface area contributed by atoms with E-state index in [-0.39, 0.29) is 0 Å². The van der Waals surface area contributed by atoms with Crippen molar-refractivity contribution in [3.05, 3.63) is 69.8 Å². The van der Waals surface area contributed by atoms with E-state index < -0.39 is 5.47 Å². The molecule has 0 aliphatic heterocycles. The Morgan fingerprint density at radius 2 is 1.74 bits per heavy atom. The van der Waals surface area contributed by atoms with Crippen LogP contribution in [0.25, 0.3) is 0 Å². The van der Waals surface area contributed by atoms with Gasteiger partial charge in [-0.1, -0.05) is 68.6 Å². The Morgan fingerprint density at radius 1 is 1.03 bits per heavy atom. The van der Waals surface area contributed by atoms with Crippen LogP contribution < -0.4 is 0 Å². The molecule has 2 aromatic carbocycles. The second-order valence-electron chi connectivity index (χ2n) is 9.37. The van der Waals surface area contributed by atoms with Gasteiger partial charge in [0, 0.05) is 0 Å². The molecule has 1 fully saturated rings. The van der Waals surface area contributed by atoms with E-state index in [0.717, 1.165) is 35.2 Å². The third kappa shape index (κ3) is 6.02. The summed E-state index contributed by atoms with van der Waals surface area (Å²) in [4.78, 5) is 5.68. The van der Waals surface area contributed by atoms with Gasteiger partial charge < -0.3 is 4.84 Å². The Kier molecular flexibility index (Phi) is 8.02. The van der Waals surface area contributed by atoms with Crippen LogP contribution in [-0.4, -0.2) is 21.4 Å². The number of hydrogen-bond acceptors (Lipinski definition) is 2. The summed E-state index contributed by atoms with van der Waals surface area (Å²) in [6.45, 7) is 6.69. The average molecular weight is 419 g/mol. The maximum atomic E-state index is 15.1. The second-order valence-corrected chi connectivity index (χ2v) is 9.37. The van der Waals surface area contributed by atoms with Gasteiger partial charge in [0.25, 0.3) is 0 Å². The van der Waals surface area contributed by atoms with Crippen LogP contribution in [0.15, 0.2) is 41.6 Å². The molecule has 0 N–H and O–H groups in total. The molecule has 0 unspecified atom stereocenters. The van der Waals surface area contributed by atoms with Gasteiger partial charge in [0.1, 0.15) is 22.3 Å². The molecule has 0 bridgehead atoms. The summed E-state index contributed by atoms with van der Waals surface area (Å²) in [5, 5.41) is 4.35. The van der Waals surface area contributed by atoms with Gasteiger partial charge in [0.05, 0.1) is 11.2 Å². The van der Waals surface area contributed by atoms with Crippen LogP contribution in [0, 0.1) is 0 Å². The number of alkyl halides is 1. The molecule has 0 aromatic heterocycles. The molecule has 164 valence electrons. The van der Waals surface area contributed by atoms with E-state index in [9.17, 15) is 0 Å². The number of nitrogens with zero attached hydrogens (tertiary/aromatic N) is 1. The summed E-state index contributed by atoms with van der Waals surface area (Å²) < 4.78 is 15.1. The lowest BCUT2D eigenvalue weighted by Gasteiger charge is -2.28. The van der Waals surface area contributed by atoms with Crippen LogP contribution in [-0.2, 0) is 29.8 Å². The van der Waals surface area contributed by atoms with E-state index in [2.05, 4.69) is 49.3 Å². The Labute approximate surface area is 189 Å². The first-order valence-electron chi connectivity index (χ1n) is 11.9. The molecule has 0 spiro atoms. The fraction of sp³-hybridized carbons (Fsp3) is 0.500. The van der Waals surface area contributed by atoms with Gasteiger partial charge in [0.15, 0.2) is 0 Å². The number of benzene rings is 2. The summed E-state index contributed by atoms with van der Waals surface area (Å²) in [5.41, 5.74) is 6.30. The normalized spacial score (nSPS) is 15.8. The molecule has 0 heterocycles. The Morgan fingerprint density at radius 3 is 2.39 bits per heavy atom. The molecule has 5 heteroatoms. The number of oxime groups is 1. The zero-order chi connectivity index (χ0) is 22.4. The molecule has 0 atom stereocenters. The predicted octanol–water partition coefficient (Wildman–Crippen LogP) is 5.15. The van der Waals surface area contributed by atoms with Crippen molar-refractivity contribution in [1.29, 1.82) is 0 Å². The molecule has 1 aliphatic rings. The van der Waals surface area contributed by atoms with E-state index >= 15 is 4.39 Å². The van der Waals surface area contributed by atoms with Gasteiger partial charge in [-0.3, -0.25) is 4.39 Å². The van der Waals surface area contributed by atoms with Crippen LogP contribution in [0.3, 0.4) is 0 Å². The molecule has 0 saturated heterocycles. The van der Waals surface area contributed by atoms with Gasteiger partial charge in [-0.15, -0.1) is 0 Å². The smallest absolute Gasteiger partial charge is 0.144 e. The minimum Gasteiger partial charge on any atom is -0.391 e. The standard InChI is InChI=1S/C26H36B2FNO/c1-4-20-12-13-23(16-21(20)5-2)18(3)30-31-17-19-11-14-24(22-9-7-6-8-10-22)25(15-19)26(27,28)29/h11-16,22H,4-10,17,27-28H2,1-3H3/b30-18+. The molecule has 2 nitrogen and oxygen atoms in total. The van der Waals surface area contributed by atoms with E-state index in [1.54, 1.807) is 15.7 Å².